The lowest BCUT2D eigenvalue weighted by atomic mass is 9.93. The molecule has 126 valence electrons. The highest BCUT2D eigenvalue weighted by molar-refractivity contribution is 5.60. The van der Waals surface area contributed by atoms with Crippen molar-refractivity contribution in [1.82, 2.24) is 9.97 Å². The summed E-state index contributed by atoms with van der Waals surface area (Å²) in [5.74, 6) is 0.913. The largest absolute Gasteiger partial charge is 0.378 e. The second-order valence-electron chi connectivity index (χ2n) is 6.78. The van der Waals surface area contributed by atoms with E-state index in [2.05, 4.69) is 28.9 Å². The SMILES string of the molecule is C[C@@H]1CN(c2cncc(-c3ccccc3)n2)C[C@@]2(CCCOC2)O1. The van der Waals surface area contributed by atoms with Gasteiger partial charge >= 0.3 is 0 Å². The number of nitrogens with zero attached hydrogens (tertiary/aromatic N) is 3. The van der Waals surface area contributed by atoms with Crippen molar-refractivity contribution in [2.75, 3.05) is 31.2 Å². The molecule has 5 heteroatoms. The van der Waals surface area contributed by atoms with E-state index in [1.807, 2.05) is 30.6 Å². The fraction of sp³-hybridized carbons (Fsp3) is 0.474. The Morgan fingerprint density at radius 2 is 2.08 bits per heavy atom. The van der Waals surface area contributed by atoms with Crippen molar-refractivity contribution in [3.8, 4) is 11.3 Å². The van der Waals surface area contributed by atoms with Gasteiger partial charge in [0.25, 0.3) is 0 Å². The van der Waals surface area contributed by atoms with Gasteiger partial charge in [-0.25, -0.2) is 4.98 Å². The number of aromatic nitrogens is 2. The molecule has 2 aromatic rings. The molecule has 1 spiro atoms. The Bertz CT molecular complexity index is 686. The van der Waals surface area contributed by atoms with Gasteiger partial charge in [0.05, 0.1) is 37.3 Å². The summed E-state index contributed by atoms with van der Waals surface area (Å²) >= 11 is 0. The summed E-state index contributed by atoms with van der Waals surface area (Å²) in [6.07, 6.45) is 5.92. The minimum Gasteiger partial charge on any atom is -0.378 e. The third kappa shape index (κ3) is 3.14. The topological polar surface area (TPSA) is 47.5 Å². The van der Waals surface area contributed by atoms with Crippen molar-refractivity contribution in [1.29, 1.82) is 0 Å². The van der Waals surface area contributed by atoms with Crippen molar-refractivity contribution < 1.29 is 9.47 Å². The molecule has 3 heterocycles. The Kier molecular flexibility index (Phi) is 4.21. The van der Waals surface area contributed by atoms with Crippen molar-refractivity contribution in [2.24, 2.45) is 0 Å². The zero-order valence-electron chi connectivity index (χ0n) is 14.0. The van der Waals surface area contributed by atoms with Crippen molar-refractivity contribution in [2.45, 2.75) is 31.5 Å². The van der Waals surface area contributed by atoms with Crippen LogP contribution in [0.25, 0.3) is 11.3 Å². The summed E-state index contributed by atoms with van der Waals surface area (Å²) in [5, 5.41) is 0. The van der Waals surface area contributed by atoms with E-state index < -0.39 is 0 Å². The van der Waals surface area contributed by atoms with Gasteiger partial charge in [-0.2, -0.15) is 0 Å². The van der Waals surface area contributed by atoms with Gasteiger partial charge in [0.2, 0.25) is 0 Å². The summed E-state index contributed by atoms with van der Waals surface area (Å²) in [6, 6.07) is 10.2. The molecule has 1 aromatic heterocycles. The summed E-state index contributed by atoms with van der Waals surface area (Å²) in [7, 11) is 0. The third-order valence-corrected chi connectivity index (χ3v) is 4.71. The lowest BCUT2D eigenvalue weighted by Gasteiger charge is -2.47. The van der Waals surface area contributed by atoms with Gasteiger partial charge in [-0.3, -0.25) is 4.98 Å². The quantitative estimate of drug-likeness (QED) is 0.849. The summed E-state index contributed by atoms with van der Waals surface area (Å²) in [5.41, 5.74) is 1.78. The van der Waals surface area contributed by atoms with Crippen molar-refractivity contribution in [3.63, 3.8) is 0 Å². The van der Waals surface area contributed by atoms with Crippen LogP contribution in [0, 0.1) is 0 Å². The Hall–Kier alpha value is -1.98. The zero-order valence-corrected chi connectivity index (χ0v) is 14.0. The van der Waals surface area contributed by atoms with Gasteiger partial charge in [-0.15, -0.1) is 0 Å². The number of benzene rings is 1. The molecular weight excluding hydrogens is 302 g/mol. The van der Waals surface area contributed by atoms with Crippen LogP contribution >= 0.6 is 0 Å². The second-order valence-corrected chi connectivity index (χ2v) is 6.78. The van der Waals surface area contributed by atoms with E-state index in [1.54, 1.807) is 0 Å². The average molecular weight is 325 g/mol. The van der Waals surface area contributed by atoms with Crippen LogP contribution in [0.2, 0.25) is 0 Å². The Labute approximate surface area is 142 Å². The molecule has 2 saturated heterocycles. The molecule has 0 radical (unpaired) electrons. The standard InChI is InChI=1S/C19H23N3O2/c1-15-12-22(13-19(24-15)8-5-9-23-14-19)18-11-20-10-17(21-18)16-6-3-2-4-7-16/h2-4,6-7,10-11,15H,5,8-9,12-14H2,1H3/t15-,19-/m1/s1. The van der Waals surface area contributed by atoms with Gasteiger partial charge in [0.1, 0.15) is 11.4 Å². The van der Waals surface area contributed by atoms with Gasteiger partial charge in [-0.1, -0.05) is 30.3 Å². The van der Waals surface area contributed by atoms with Crippen LogP contribution in [0.1, 0.15) is 19.8 Å². The number of morpholine rings is 1. The highest BCUT2D eigenvalue weighted by Crippen LogP contribution is 2.32. The van der Waals surface area contributed by atoms with Crippen molar-refractivity contribution >= 4 is 5.82 Å². The van der Waals surface area contributed by atoms with E-state index in [0.29, 0.717) is 6.61 Å². The van der Waals surface area contributed by atoms with Gasteiger partial charge in [0, 0.05) is 18.7 Å². The maximum absolute atomic E-state index is 6.27. The number of hydrogen-bond donors (Lipinski definition) is 0. The molecule has 0 N–H and O–H groups in total. The molecule has 0 amide bonds. The first-order valence-electron chi connectivity index (χ1n) is 8.62. The molecule has 0 bridgehead atoms. The normalized spacial score (nSPS) is 27.4. The summed E-state index contributed by atoms with van der Waals surface area (Å²) in [6.45, 7) is 5.26. The van der Waals surface area contributed by atoms with E-state index in [9.17, 15) is 0 Å². The Balaban J connectivity index is 1.61. The highest BCUT2D eigenvalue weighted by Gasteiger charge is 2.41. The van der Waals surface area contributed by atoms with E-state index in [0.717, 1.165) is 49.6 Å². The van der Waals surface area contributed by atoms with Crippen LogP contribution in [0.4, 0.5) is 5.82 Å². The second kappa shape index (κ2) is 6.49. The van der Waals surface area contributed by atoms with Gasteiger partial charge < -0.3 is 14.4 Å². The smallest absolute Gasteiger partial charge is 0.148 e. The molecule has 2 atom stereocenters. The molecule has 1 aromatic carbocycles. The van der Waals surface area contributed by atoms with Gasteiger partial charge in [0.15, 0.2) is 0 Å². The molecule has 2 aliphatic rings. The molecular formula is C19H23N3O2. The van der Waals surface area contributed by atoms with Gasteiger partial charge in [-0.05, 0) is 19.8 Å². The van der Waals surface area contributed by atoms with Crippen LogP contribution in [0.3, 0.4) is 0 Å². The maximum Gasteiger partial charge on any atom is 0.148 e. The van der Waals surface area contributed by atoms with Crippen LogP contribution < -0.4 is 4.90 Å². The fourth-order valence-electron chi connectivity index (χ4n) is 3.70. The van der Waals surface area contributed by atoms with E-state index in [4.69, 9.17) is 14.5 Å². The molecule has 0 unspecified atom stereocenters. The monoisotopic (exact) mass is 325 g/mol. The first-order valence-corrected chi connectivity index (χ1v) is 8.62. The molecule has 5 nitrogen and oxygen atoms in total. The summed E-state index contributed by atoms with van der Waals surface area (Å²) < 4.78 is 12.0. The summed E-state index contributed by atoms with van der Waals surface area (Å²) in [4.78, 5) is 11.6. The number of hydrogen-bond acceptors (Lipinski definition) is 5. The Morgan fingerprint density at radius 1 is 1.21 bits per heavy atom. The lowest BCUT2D eigenvalue weighted by Crippen LogP contribution is -2.58. The van der Waals surface area contributed by atoms with Crippen LogP contribution in [0.5, 0.6) is 0 Å². The number of ether oxygens (including phenoxy) is 2. The Morgan fingerprint density at radius 3 is 2.88 bits per heavy atom. The highest BCUT2D eigenvalue weighted by atomic mass is 16.6. The predicted molar refractivity (Wildman–Crippen MR) is 93.0 cm³/mol. The first kappa shape index (κ1) is 15.5. The van der Waals surface area contributed by atoms with E-state index in [1.165, 1.54) is 0 Å². The minimum absolute atomic E-state index is 0.155. The van der Waals surface area contributed by atoms with Crippen LogP contribution in [-0.4, -0.2) is 48.0 Å². The third-order valence-electron chi connectivity index (χ3n) is 4.71. The lowest BCUT2D eigenvalue weighted by molar-refractivity contribution is -0.160. The minimum atomic E-state index is -0.208. The zero-order chi connectivity index (χ0) is 16.4. The maximum atomic E-state index is 6.27. The van der Waals surface area contributed by atoms with Crippen LogP contribution in [-0.2, 0) is 9.47 Å². The number of rotatable bonds is 2. The van der Waals surface area contributed by atoms with Crippen molar-refractivity contribution in [3.05, 3.63) is 42.7 Å². The number of anilines is 1. The van der Waals surface area contributed by atoms with E-state index >= 15 is 0 Å². The molecule has 24 heavy (non-hydrogen) atoms. The molecule has 0 aliphatic carbocycles. The fourth-order valence-corrected chi connectivity index (χ4v) is 3.70. The molecule has 4 rings (SSSR count). The predicted octanol–water partition coefficient (Wildman–Crippen LogP) is 2.92. The molecule has 0 saturated carbocycles. The molecule has 2 aliphatic heterocycles. The average Bonchev–Trinajstić information content (AvgIpc) is 2.62. The molecule has 2 fully saturated rings. The van der Waals surface area contributed by atoms with E-state index in [-0.39, 0.29) is 11.7 Å². The first-order chi connectivity index (χ1) is 11.7. The van der Waals surface area contributed by atoms with Crippen LogP contribution in [0.15, 0.2) is 42.7 Å².